The van der Waals surface area contributed by atoms with E-state index in [2.05, 4.69) is 17.4 Å². The summed E-state index contributed by atoms with van der Waals surface area (Å²) in [7, 11) is 3.29. The van der Waals surface area contributed by atoms with Crippen LogP contribution >= 0.6 is 0 Å². The maximum atomic E-state index is 15.0. The fourth-order valence-corrected chi connectivity index (χ4v) is 5.17. The van der Waals surface area contributed by atoms with Gasteiger partial charge in [0, 0.05) is 11.3 Å². The zero-order chi connectivity index (χ0) is 27.5. The van der Waals surface area contributed by atoms with Crippen molar-refractivity contribution in [3.63, 3.8) is 0 Å². The van der Waals surface area contributed by atoms with Crippen molar-refractivity contribution in [1.82, 2.24) is 5.32 Å². The molecule has 39 heavy (non-hydrogen) atoms. The van der Waals surface area contributed by atoms with Crippen LogP contribution in [-0.2, 0) is 15.8 Å². The van der Waals surface area contributed by atoms with Gasteiger partial charge in [0.25, 0.3) is 0 Å². The second kappa shape index (κ2) is 10.8. The highest BCUT2D eigenvalue weighted by atomic mass is 19.1. The summed E-state index contributed by atoms with van der Waals surface area (Å²) in [6, 6.07) is 30.5. The number of anilines is 1. The van der Waals surface area contributed by atoms with Crippen molar-refractivity contribution in [2.75, 3.05) is 33.2 Å². The fraction of sp³-hybridized carbons (Fsp3) is 0.219. The molecular formula is C32H32FN3O3. The minimum Gasteiger partial charge on any atom is -0.497 e. The van der Waals surface area contributed by atoms with E-state index < -0.39 is 11.1 Å². The van der Waals surface area contributed by atoms with Crippen LogP contribution in [0.25, 0.3) is 0 Å². The van der Waals surface area contributed by atoms with Crippen molar-refractivity contribution in [1.29, 1.82) is 0 Å². The van der Waals surface area contributed by atoms with Gasteiger partial charge in [0.1, 0.15) is 40.8 Å². The average molecular weight is 526 g/mol. The van der Waals surface area contributed by atoms with Crippen LogP contribution in [0.3, 0.4) is 0 Å². The number of amidine groups is 1. The first-order valence-electron chi connectivity index (χ1n) is 12.7. The van der Waals surface area contributed by atoms with E-state index >= 15 is 0 Å². The third kappa shape index (κ3) is 5.05. The number of methoxy groups -OCH3 is 2. The lowest BCUT2D eigenvalue weighted by atomic mass is 9.76. The Kier molecular flexibility index (Phi) is 7.26. The molecule has 1 aliphatic rings. The van der Waals surface area contributed by atoms with Gasteiger partial charge in [0.15, 0.2) is 0 Å². The van der Waals surface area contributed by atoms with E-state index in [9.17, 15) is 4.39 Å². The van der Waals surface area contributed by atoms with Gasteiger partial charge in [-0.15, -0.1) is 0 Å². The molecule has 0 fully saturated rings. The molecule has 6 nitrogen and oxygen atoms in total. The second-order valence-corrected chi connectivity index (χ2v) is 9.76. The summed E-state index contributed by atoms with van der Waals surface area (Å²) >= 11 is 0. The Morgan fingerprint density at radius 2 is 1.41 bits per heavy atom. The number of halogens is 1. The molecule has 0 amide bonds. The van der Waals surface area contributed by atoms with Gasteiger partial charge in [-0.3, -0.25) is 4.99 Å². The smallest absolute Gasteiger partial charge is 0.129 e. The quantitative estimate of drug-likeness (QED) is 0.241. The molecule has 0 radical (unpaired) electrons. The van der Waals surface area contributed by atoms with E-state index in [1.54, 1.807) is 26.4 Å². The number of nitrogens with one attached hydrogen (secondary N) is 1. The molecule has 1 heterocycles. The highest BCUT2D eigenvalue weighted by Crippen LogP contribution is 2.39. The summed E-state index contributed by atoms with van der Waals surface area (Å²) in [6.45, 7) is 2.32. The molecule has 0 aromatic heterocycles. The second-order valence-electron chi connectivity index (χ2n) is 9.76. The van der Waals surface area contributed by atoms with Gasteiger partial charge in [-0.1, -0.05) is 54.6 Å². The number of ether oxygens (including phenoxy) is 3. The van der Waals surface area contributed by atoms with Crippen LogP contribution in [0.15, 0.2) is 102 Å². The SMILES string of the molecule is COc1ccc(C(NC2=NC(C)(c3cc(N)ccc3F)COC2)(c2ccccc2)c2ccc(OC)cc2)cc1. The molecule has 4 aromatic carbocycles. The van der Waals surface area contributed by atoms with Crippen molar-refractivity contribution < 1.29 is 18.6 Å². The third-order valence-electron chi connectivity index (χ3n) is 7.16. The fourth-order valence-electron chi connectivity index (χ4n) is 5.17. The standard InChI is InChI=1S/C32H32FN3O3/c1-31(28-19-25(34)13-18-29(28)33)21-39-20-30(35-31)36-32(22-7-5-4-6-8-22,23-9-14-26(37-2)15-10-23)24-11-16-27(38-3)17-12-24/h4-19H,20-21,34H2,1-3H3,(H,35,36). The maximum Gasteiger partial charge on any atom is 0.129 e. The van der Waals surface area contributed by atoms with E-state index in [0.717, 1.165) is 28.2 Å². The first-order valence-corrected chi connectivity index (χ1v) is 12.7. The maximum absolute atomic E-state index is 15.0. The van der Waals surface area contributed by atoms with Crippen LogP contribution in [0.5, 0.6) is 11.5 Å². The largest absolute Gasteiger partial charge is 0.497 e. The molecule has 7 heteroatoms. The molecule has 4 aromatic rings. The van der Waals surface area contributed by atoms with Gasteiger partial charge < -0.3 is 25.3 Å². The summed E-state index contributed by atoms with van der Waals surface area (Å²) in [5, 5.41) is 3.74. The zero-order valence-corrected chi connectivity index (χ0v) is 22.3. The van der Waals surface area contributed by atoms with Crippen molar-refractivity contribution >= 4 is 11.5 Å². The summed E-state index contributed by atoms with van der Waals surface area (Å²) < 4.78 is 31.9. The molecule has 3 N–H and O–H groups in total. The number of nitrogen functional groups attached to an aromatic ring is 1. The Morgan fingerprint density at radius 3 is 1.97 bits per heavy atom. The van der Waals surface area contributed by atoms with Crippen LogP contribution in [0.1, 0.15) is 29.2 Å². The lowest BCUT2D eigenvalue weighted by Crippen LogP contribution is -2.51. The molecule has 1 aliphatic heterocycles. The Balaban J connectivity index is 1.71. The van der Waals surface area contributed by atoms with Crippen molar-refractivity contribution in [2.24, 2.45) is 4.99 Å². The van der Waals surface area contributed by atoms with Gasteiger partial charge in [-0.2, -0.15) is 0 Å². The lowest BCUT2D eigenvalue weighted by Gasteiger charge is -2.40. The molecule has 0 saturated heterocycles. The van der Waals surface area contributed by atoms with Gasteiger partial charge in [0.05, 0.1) is 20.8 Å². The van der Waals surface area contributed by atoms with Gasteiger partial charge >= 0.3 is 0 Å². The van der Waals surface area contributed by atoms with E-state index in [1.165, 1.54) is 6.07 Å². The summed E-state index contributed by atoms with van der Waals surface area (Å²) in [6.07, 6.45) is 0. The number of nitrogens with zero attached hydrogens (tertiary/aromatic N) is 1. The number of nitrogens with two attached hydrogens (primary N) is 1. The Labute approximate surface area is 228 Å². The molecule has 0 bridgehead atoms. The van der Waals surface area contributed by atoms with Crippen molar-refractivity contribution in [3.05, 3.63) is 125 Å². The van der Waals surface area contributed by atoms with Crippen molar-refractivity contribution in [2.45, 2.75) is 18.0 Å². The predicted molar refractivity (Wildman–Crippen MR) is 152 cm³/mol. The Morgan fingerprint density at radius 1 is 0.846 bits per heavy atom. The molecule has 5 rings (SSSR count). The normalized spacial score (nSPS) is 17.3. The molecule has 200 valence electrons. The number of hydrogen-bond donors (Lipinski definition) is 2. The van der Waals surface area contributed by atoms with Crippen LogP contribution in [0, 0.1) is 5.82 Å². The van der Waals surface area contributed by atoms with Gasteiger partial charge in [0.2, 0.25) is 0 Å². The summed E-state index contributed by atoms with van der Waals surface area (Å²) in [5.41, 5.74) is 7.95. The molecule has 1 unspecified atom stereocenters. The average Bonchev–Trinajstić information content (AvgIpc) is 2.98. The van der Waals surface area contributed by atoms with E-state index in [4.69, 9.17) is 24.9 Å². The molecule has 0 aliphatic carbocycles. The van der Waals surface area contributed by atoms with Crippen LogP contribution in [0.4, 0.5) is 10.1 Å². The number of benzene rings is 4. The van der Waals surface area contributed by atoms with E-state index in [-0.39, 0.29) is 19.0 Å². The van der Waals surface area contributed by atoms with Crippen LogP contribution in [-0.4, -0.2) is 33.3 Å². The Hall–Kier alpha value is -4.36. The van der Waals surface area contributed by atoms with Gasteiger partial charge in [-0.05, 0) is 66.1 Å². The highest BCUT2D eigenvalue weighted by molar-refractivity contribution is 5.87. The highest BCUT2D eigenvalue weighted by Gasteiger charge is 2.40. The molecular weight excluding hydrogens is 493 g/mol. The Bertz CT molecular complexity index is 1410. The van der Waals surface area contributed by atoms with Gasteiger partial charge in [-0.25, -0.2) is 4.39 Å². The minimum absolute atomic E-state index is 0.224. The third-order valence-corrected chi connectivity index (χ3v) is 7.16. The molecule has 1 atom stereocenters. The first kappa shape index (κ1) is 26.3. The van der Waals surface area contributed by atoms with Crippen LogP contribution < -0.4 is 20.5 Å². The summed E-state index contributed by atoms with van der Waals surface area (Å²) in [4.78, 5) is 5.05. The summed E-state index contributed by atoms with van der Waals surface area (Å²) in [5.74, 6) is 1.71. The lowest BCUT2D eigenvalue weighted by molar-refractivity contribution is 0.101. The molecule has 0 saturated carbocycles. The first-order chi connectivity index (χ1) is 18.9. The molecule has 0 spiro atoms. The predicted octanol–water partition coefficient (Wildman–Crippen LogP) is 5.65. The van der Waals surface area contributed by atoms with E-state index in [0.29, 0.717) is 17.1 Å². The zero-order valence-electron chi connectivity index (χ0n) is 22.3. The minimum atomic E-state index is -0.970. The topological polar surface area (TPSA) is 78.1 Å². The van der Waals surface area contributed by atoms with E-state index in [1.807, 2.05) is 73.7 Å². The monoisotopic (exact) mass is 525 g/mol. The van der Waals surface area contributed by atoms with Crippen LogP contribution in [0.2, 0.25) is 0 Å². The van der Waals surface area contributed by atoms with Crippen molar-refractivity contribution in [3.8, 4) is 11.5 Å². The number of aliphatic imine (C=N–C) groups is 1. The number of rotatable bonds is 7. The number of hydrogen-bond acceptors (Lipinski definition) is 6.